The molecule has 2 N–H and O–H groups in total. The summed E-state index contributed by atoms with van der Waals surface area (Å²) < 4.78 is 5.02. The number of aromatic carboxylic acids is 1. The van der Waals surface area contributed by atoms with E-state index < -0.39 is 5.97 Å². The molecule has 0 saturated carbocycles. The van der Waals surface area contributed by atoms with Crippen LogP contribution in [0.1, 0.15) is 42.4 Å². The number of carboxylic acid groups (broad SMARTS) is 1. The fourth-order valence-corrected chi connectivity index (χ4v) is 2.04. The van der Waals surface area contributed by atoms with E-state index in [4.69, 9.17) is 9.63 Å². The zero-order valence-electron chi connectivity index (χ0n) is 11.9. The molecule has 2 rings (SSSR count). The molecule has 0 saturated heterocycles. The van der Waals surface area contributed by atoms with Crippen LogP contribution < -0.4 is 0 Å². The molecule has 0 aliphatic carbocycles. The van der Waals surface area contributed by atoms with Crippen molar-refractivity contribution in [2.24, 2.45) is 0 Å². The topological polar surface area (TPSA) is 83.6 Å². The Labute approximate surface area is 116 Å². The van der Waals surface area contributed by atoms with E-state index in [9.17, 15) is 9.90 Å². The molecule has 1 aromatic heterocycles. The van der Waals surface area contributed by atoms with E-state index in [2.05, 4.69) is 5.16 Å². The smallest absolute Gasteiger partial charge is 0.358 e. The number of carbonyl (C=O) groups is 1. The van der Waals surface area contributed by atoms with Crippen LogP contribution in [0.4, 0.5) is 0 Å². The van der Waals surface area contributed by atoms with Gasteiger partial charge in [0.25, 0.3) is 0 Å². The predicted octanol–water partition coefficient (Wildman–Crippen LogP) is 3.35. The van der Waals surface area contributed by atoms with Gasteiger partial charge >= 0.3 is 5.97 Å². The lowest BCUT2D eigenvalue weighted by Crippen LogP contribution is -2.12. The Morgan fingerprint density at radius 2 is 1.90 bits per heavy atom. The lowest BCUT2D eigenvalue weighted by atomic mass is 9.84. The lowest BCUT2D eigenvalue weighted by molar-refractivity contribution is 0.0686. The largest absolute Gasteiger partial charge is 0.507 e. The molecule has 1 aromatic carbocycles. The van der Waals surface area contributed by atoms with Crippen LogP contribution in [0, 0.1) is 6.92 Å². The first-order chi connectivity index (χ1) is 9.20. The van der Waals surface area contributed by atoms with Crippen molar-refractivity contribution in [3.63, 3.8) is 0 Å². The second kappa shape index (κ2) is 4.67. The monoisotopic (exact) mass is 275 g/mol. The molecule has 0 bridgehead atoms. The number of phenols is 1. The summed E-state index contributed by atoms with van der Waals surface area (Å²) in [4.78, 5) is 10.8. The van der Waals surface area contributed by atoms with Gasteiger partial charge in [0.2, 0.25) is 0 Å². The van der Waals surface area contributed by atoms with Gasteiger partial charge in [-0.15, -0.1) is 0 Å². The standard InChI is InChI=1S/C15H17NO4/c1-8-5-9(12-7-11(14(18)19)16-20-12)13(17)10(6-8)15(2,3)4/h5-7,17H,1-4H3,(H,18,19). The highest BCUT2D eigenvalue weighted by Crippen LogP contribution is 2.39. The first kappa shape index (κ1) is 14.1. The van der Waals surface area contributed by atoms with Crippen molar-refractivity contribution >= 4 is 5.97 Å². The Bertz CT molecular complexity index is 665. The van der Waals surface area contributed by atoms with E-state index in [0.717, 1.165) is 11.1 Å². The molecular formula is C15H17NO4. The number of benzene rings is 1. The van der Waals surface area contributed by atoms with E-state index in [1.807, 2.05) is 33.8 Å². The van der Waals surface area contributed by atoms with E-state index in [1.54, 1.807) is 6.07 Å². The van der Waals surface area contributed by atoms with Gasteiger partial charge in [0.15, 0.2) is 11.5 Å². The van der Waals surface area contributed by atoms with Gasteiger partial charge in [0.05, 0.1) is 5.56 Å². The highest BCUT2D eigenvalue weighted by atomic mass is 16.5. The van der Waals surface area contributed by atoms with Crippen molar-refractivity contribution < 1.29 is 19.5 Å². The zero-order chi connectivity index (χ0) is 15.1. The summed E-state index contributed by atoms with van der Waals surface area (Å²) in [7, 11) is 0. The van der Waals surface area contributed by atoms with Crippen LogP contribution in [0.15, 0.2) is 22.7 Å². The number of carboxylic acids is 1. The molecule has 0 radical (unpaired) electrons. The van der Waals surface area contributed by atoms with Gasteiger partial charge < -0.3 is 14.7 Å². The maximum atomic E-state index is 10.8. The minimum atomic E-state index is -1.16. The number of aromatic hydroxyl groups is 1. The van der Waals surface area contributed by atoms with E-state index in [1.165, 1.54) is 6.07 Å². The van der Waals surface area contributed by atoms with Crippen molar-refractivity contribution in [1.29, 1.82) is 0 Å². The molecule has 0 fully saturated rings. The molecule has 0 amide bonds. The van der Waals surface area contributed by atoms with Crippen LogP contribution in [0.3, 0.4) is 0 Å². The highest BCUT2D eigenvalue weighted by Gasteiger charge is 2.23. The summed E-state index contributed by atoms with van der Waals surface area (Å²) in [5.74, 6) is -0.825. The summed E-state index contributed by atoms with van der Waals surface area (Å²) >= 11 is 0. The van der Waals surface area contributed by atoms with Gasteiger partial charge in [-0.2, -0.15) is 0 Å². The van der Waals surface area contributed by atoms with E-state index in [-0.39, 0.29) is 22.6 Å². The molecule has 20 heavy (non-hydrogen) atoms. The Balaban J connectivity index is 2.62. The van der Waals surface area contributed by atoms with Gasteiger partial charge in [0.1, 0.15) is 5.75 Å². The molecule has 5 nitrogen and oxygen atoms in total. The molecule has 2 aromatic rings. The first-order valence-electron chi connectivity index (χ1n) is 6.24. The molecular weight excluding hydrogens is 258 g/mol. The van der Waals surface area contributed by atoms with Crippen molar-refractivity contribution in [3.8, 4) is 17.1 Å². The van der Waals surface area contributed by atoms with Gasteiger partial charge in [-0.25, -0.2) is 4.79 Å². The zero-order valence-corrected chi connectivity index (χ0v) is 11.9. The summed E-state index contributed by atoms with van der Waals surface area (Å²) in [5, 5.41) is 22.8. The van der Waals surface area contributed by atoms with Crippen LogP contribution in [0.25, 0.3) is 11.3 Å². The van der Waals surface area contributed by atoms with Crippen LogP contribution in [0.5, 0.6) is 5.75 Å². The van der Waals surface area contributed by atoms with Crippen molar-refractivity contribution in [1.82, 2.24) is 5.16 Å². The Kier molecular flexibility index (Phi) is 3.29. The van der Waals surface area contributed by atoms with Crippen LogP contribution >= 0.6 is 0 Å². The quantitative estimate of drug-likeness (QED) is 0.878. The first-order valence-corrected chi connectivity index (χ1v) is 6.24. The third kappa shape index (κ3) is 2.52. The lowest BCUT2D eigenvalue weighted by Gasteiger charge is -2.22. The predicted molar refractivity (Wildman–Crippen MR) is 74.0 cm³/mol. The summed E-state index contributed by atoms with van der Waals surface area (Å²) in [6.45, 7) is 7.89. The molecule has 5 heteroatoms. The maximum absolute atomic E-state index is 10.8. The summed E-state index contributed by atoms with van der Waals surface area (Å²) in [6, 6.07) is 4.97. The Hall–Kier alpha value is -2.30. The van der Waals surface area contributed by atoms with Gasteiger partial charge in [-0.1, -0.05) is 32.0 Å². The van der Waals surface area contributed by atoms with E-state index in [0.29, 0.717) is 5.56 Å². The SMILES string of the molecule is Cc1cc(-c2cc(C(=O)O)no2)c(O)c(C(C)(C)C)c1. The molecule has 0 spiro atoms. The van der Waals surface area contributed by atoms with E-state index >= 15 is 0 Å². The number of phenolic OH excluding ortho intramolecular Hbond substituents is 1. The Morgan fingerprint density at radius 1 is 1.25 bits per heavy atom. The van der Waals surface area contributed by atoms with Crippen LogP contribution in [-0.2, 0) is 5.41 Å². The number of nitrogens with zero attached hydrogens (tertiary/aromatic N) is 1. The molecule has 106 valence electrons. The minimum absolute atomic E-state index is 0.0937. The number of hydrogen-bond donors (Lipinski definition) is 2. The third-order valence-electron chi connectivity index (χ3n) is 3.06. The second-order valence-corrected chi connectivity index (χ2v) is 5.84. The normalized spacial score (nSPS) is 11.6. The van der Waals surface area contributed by atoms with Crippen LogP contribution in [0.2, 0.25) is 0 Å². The molecule has 0 aliphatic rings. The third-order valence-corrected chi connectivity index (χ3v) is 3.06. The van der Waals surface area contributed by atoms with Crippen molar-refractivity contribution in [2.75, 3.05) is 0 Å². The number of hydrogen-bond acceptors (Lipinski definition) is 4. The highest BCUT2D eigenvalue weighted by molar-refractivity contribution is 5.87. The Morgan fingerprint density at radius 3 is 2.40 bits per heavy atom. The maximum Gasteiger partial charge on any atom is 0.358 e. The number of aromatic nitrogens is 1. The van der Waals surface area contributed by atoms with Crippen molar-refractivity contribution in [3.05, 3.63) is 35.0 Å². The average molecular weight is 275 g/mol. The van der Waals surface area contributed by atoms with Gasteiger partial charge in [-0.05, 0) is 24.0 Å². The van der Waals surface area contributed by atoms with Crippen LogP contribution in [-0.4, -0.2) is 21.3 Å². The number of rotatable bonds is 2. The summed E-state index contributed by atoms with van der Waals surface area (Å²) in [5.41, 5.74) is 1.77. The fraction of sp³-hybridized carbons (Fsp3) is 0.333. The molecule has 0 atom stereocenters. The fourth-order valence-electron chi connectivity index (χ4n) is 2.04. The molecule has 0 unspecified atom stereocenters. The molecule has 0 aliphatic heterocycles. The van der Waals surface area contributed by atoms with Crippen molar-refractivity contribution in [2.45, 2.75) is 33.1 Å². The average Bonchev–Trinajstić information content (AvgIpc) is 2.79. The minimum Gasteiger partial charge on any atom is -0.507 e. The summed E-state index contributed by atoms with van der Waals surface area (Å²) in [6.07, 6.45) is 0. The number of aryl methyl sites for hydroxylation is 1. The van der Waals surface area contributed by atoms with Gasteiger partial charge in [0, 0.05) is 11.6 Å². The second-order valence-electron chi connectivity index (χ2n) is 5.84. The van der Waals surface area contributed by atoms with Gasteiger partial charge in [-0.3, -0.25) is 0 Å². The molecule has 1 heterocycles.